The maximum Gasteiger partial charge on any atom is 0.341 e. The predicted molar refractivity (Wildman–Crippen MR) is 63.2 cm³/mol. The number of benzene rings is 1. The van der Waals surface area contributed by atoms with Gasteiger partial charge >= 0.3 is 5.97 Å². The van der Waals surface area contributed by atoms with Gasteiger partial charge in [-0.25, -0.2) is 4.79 Å². The number of carbonyl (C=O) groups is 2. The Morgan fingerprint density at radius 3 is 2.89 bits per heavy atom. The van der Waals surface area contributed by atoms with Crippen LogP contribution in [0.2, 0.25) is 0 Å². The summed E-state index contributed by atoms with van der Waals surface area (Å²) in [7, 11) is 0. The van der Waals surface area contributed by atoms with Crippen molar-refractivity contribution in [1.29, 1.82) is 0 Å². The van der Waals surface area contributed by atoms with E-state index in [2.05, 4.69) is 0 Å². The van der Waals surface area contributed by atoms with Crippen molar-refractivity contribution in [1.82, 2.24) is 0 Å². The number of carbonyl (C=O) groups excluding carboxylic acids is 1. The summed E-state index contributed by atoms with van der Waals surface area (Å²) < 4.78 is 10.7. The average molecular weight is 250 g/mol. The lowest BCUT2D eigenvalue weighted by Gasteiger charge is -2.31. The molecule has 96 valence electrons. The number of ether oxygens (including phenoxy) is 2. The van der Waals surface area contributed by atoms with Crippen LogP contribution in [0.5, 0.6) is 11.5 Å². The molecule has 2 rings (SSSR count). The van der Waals surface area contributed by atoms with E-state index in [0.717, 1.165) is 0 Å². The van der Waals surface area contributed by atoms with Gasteiger partial charge in [0, 0.05) is 6.07 Å². The van der Waals surface area contributed by atoms with Crippen LogP contribution in [0, 0.1) is 0 Å². The van der Waals surface area contributed by atoms with Gasteiger partial charge in [0.05, 0.1) is 12.0 Å². The highest BCUT2D eigenvalue weighted by atomic mass is 16.5. The number of aliphatic carboxylic acids is 1. The Labute approximate surface area is 104 Å². The summed E-state index contributed by atoms with van der Waals surface area (Å²) in [6.07, 6.45) is 0.329. The summed E-state index contributed by atoms with van der Waals surface area (Å²) in [6, 6.07) is 4.72. The minimum absolute atomic E-state index is 0.0195. The molecule has 18 heavy (non-hydrogen) atoms. The molecule has 0 spiro atoms. The van der Waals surface area contributed by atoms with E-state index in [9.17, 15) is 9.59 Å². The van der Waals surface area contributed by atoms with Crippen molar-refractivity contribution >= 4 is 11.8 Å². The van der Waals surface area contributed by atoms with E-state index < -0.39 is 18.2 Å². The van der Waals surface area contributed by atoms with E-state index >= 15 is 0 Å². The van der Waals surface area contributed by atoms with Gasteiger partial charge in [-0.1, -0.05) is 0 Å². The SMILES string of the molecule is CC1(C)CC(=O)c2ccc(OCC(=O)O)cc2O1. The first-order valence-electron chi connectivity index (χ1n) is 5.58. The van der Waals surface area contributed by atoms with Gasteiger partial charge in [0.15, 0.2) is 12.4 Å². The van der Waals surface area contributed by atoms with Crippen LogP contribution in [0.1, 0.15) is 30.6 Å². The average Bonchev–Trinajstić information content (AvgIpc) is 2.24. The van der Waals surface area contributed by atoms with E-state index in [1.54, 1.807) is 18.2 Å². The van der Waals surface area contributed by atoms with Gasteiger partial charge < -0.3 is 14.6 Å². The van der Waals surface area contributed by atoms with Crippen molar-refractivity contribution in [2.45, 2.75) is 25.9 Å². The van der Waals surface area contributed by atoms with Crippen molar-refractivity contribution in [3.8, 4) is 11.5 Å². The first kappa shape index (κ1) is 12.4. The number of fused-ring (bicyclic) bond motifs is 1. The zero-order valence-corrected chi connectivity index (χ0v) is 10.2. The first-order valence-corrected chi connectivity index (χ1v) is 5.58. The highest BCUT2D eigenvalue weighted by molar-refractivity contribution is 6.00. The second-order valence-electron chi connectivity index (χ2n) is 4.80. The normalized spacial score (nSPS) is 16.7. The van der Waals surface area contributed by atoms with Crippen molar-refractivity contribution in [3.63, 3.8) is 0 Å². The van der Waals surface area contributed by atoms with E-state index in [0.29, 0.717) is 23.5 Å². The van der Waals surface area contributed by atoms with Crippen LogP contribution in [0.3, 0.4) is 0 Å². The fourth-order valence-electron chi connectivity index (χ4n) is 1.87. The third-order valence-corrected chi connectivity index (χ3v) is 2.59. The third kappa shape index (κ3) is 2.61. The highest BCUT2D eigenvalue weighted by Crippen LogP contribution is 2.35. The monoisotopic (exact) mass is 250 g/mol. The van der Waals surface area contributed by atoms with Gasteiger partial charge in [0.25, 0.3) is 0 Å². The lowest BCUT2D eigenvalue weighted by Crippen LogP contribution is -2.35. The number of Topliss-reactive ketones (excluding diaryl/α,β-unsaturated/α-hetero) is 1. The van der Waals surface area contributed by atoms with E-state index in [-0.39, 0.29) is 5.78 Å². The molecule has 0 aromatic heterocycles. The summed E-state index contributed by atoms with van der Waals surface area (Å²) in [5.74, 6) is -0.211. The first-order chi connectivity index (χ1) is 8.37. The topological polar surface area (TPSA) is 72.8 Å². The molecule has 0 unspecified atom stereocenters. The van der Waals surface area contributed by atoms with Gasteiger partial charge in [0.2, 0.25) is 0 Å². The van der Waals surface area contributed by atoms with Gasteiger partial charge in [-0.15, -0.1) is 0 Å². The fraction of sp³-hybridized carbons (Fsp3) is 0.385. The van der Waals surface area contributed by atoms with Crippen LogP contribution in [0.15, 0.2) is 18.2 Å². The number of carboxylic acid groups (broad SMARTS) is 1. The minimum Gasteiger partial charge on any atom is -0.486 e. The lowest BCUT2D eigenvalue weighted by molar-refractivity contribution is -0.139. The molecule has 1 heterocycles. The Bertz CT molecular complexity index is 504. The summed E-state index contributed by atoms with van der Waals surface area (Å²) >= 11 is 0. The molecule has 0 atom stereocenters. The predicted octanol–water partition coefficient (Wildman–Crippen LogP) is 1.89. The number of carboxylic acids is 1. The molecule has 1 aliphatic rings. The second-order valence-corrected chi connectivity index (χ2v) is 4.80. The zero-order chi connectivity index (χ0) is 13.3. The Balaban J connectivity index is 2.26. The van der Waals surface area contributed by atoms with Gasteiger partial charge in [-0.05, 0) is 26.0 Å². The van der Waals surface area contributed by atoms with Gasteiger partial charge in [-0.3, -0.25) is 4.79 Å². The highest BCUT2D eigenvalue weighted by Gasteiger charge is 2.32. The smallest absolute Gasteiger partial charge is 0.341 e. The van der Waals surface area contributed by atoms with Crippen molar-refractivity contribution in [2.24, 2.45) is 0 Å². The molecule has 0 fully saturated rings. The third-order valence-electron chi connectivity index (χ3n) is 2.59. The largest absolute Gasteiger partial charge is 0.486 e. The molecule has 0 radical (unpaired) electrons. The standard InChI is InChI=1S/C13H14O5/c1-13(2)6-10(14)9-4-3-8(5-11(9)18-13)17-7-12(15)16/h3-5H,6-7H2,1-2H3,(H,15,16). The number of hydrogen-bond acceptors (Lipinski definition) is 4. The van der Waals surface area contributed by atoms with E-state index in [1.165, 1.54) is 0 Å². The molecule has 0 saturated heterocycles. The van der Waals surface area contributed by atoms with E-state index in [1.807, 2.05) is 13.8 Å². The number of ketones is 1. The molecule has 0 amide bonds. The molecule has 0 saturated carbocycles. The molecule has 1 N–H and O–H groups in total. The molecule has 1 aliphatic heterocycles. The van der Waals surface area contributed by atoms with Crippen LogP contribution in [0.4, 0.5) is 0 Å². The Kier molecular flexibility index (Phi) is 2.98. The van der Waals surface area contributed by atoms with Crippen LogP contribution in [-0.2, 0) is 4.79 Å². The summed E-state index contributed by atoms with van der Waals surface area (Å²) in [6.45, 7) is 3.24. The maximum absolute atomic E-state index is 11.9. The minimum atomic E-state index is -1.05. The number of hydrogen-bond donors (Lipinski definition) is 1. The molecule has 0 aliphatic carbocycles. The summed E-state index contributed by atoms with van der Waals surface area (Å²) in [5.41, 5.74) is -0.0350. The molecule has 5 heteroatoms. The van der Waals surface area contributed by atoms with E-state index in [4.69, 9.17) is 14.6 Å². The Hall–Kier alpha value is -2.04. The molecule has 1 aromatic rings. The van der Waals surface area contributed by atoms with Gasteiger partial charge in [-0.2, -0.15) is 0 Å². The molecule has 1 aromatic carbocycles. The van der Waals surface area contributed by atoms with Crippen molar-refractivity contribution in [2.75, 3.05) is 6.61 Å². The Morgan fingerprint density at radius 1 is 1.50 bits per heavy atom. The summed E-state index contributed by atoms with van der Waals surface area (Å²) in [4.78, 5) is 22.3. The Morgan fingerprint density at radius 2 is 2.22 bits per heavy atom. The number of rotatable bonds is 3. The zero-order valence-electron chi connectivity index (χ0n) is 10.2. The second kappa shape index (κ2) is 4.33. The molecule has 0 bridgehead atoms. The quantitative estimate of drug-likeness (QED) is 0.886. The fourth-order valence-corrected chi connectivity index (χ4v) is 1.87. The summed E-state index contributed by atoms with van der Waals surface area (Å²) in [5, 5.41) is 8.53. The van der Waals surface area contributed by atoms with Crippen LogP contribution < -0.4 is 9.47 Å². The van der Waals surface area contributed by atoms with Gasteiger partial charge in [0.1, 0.15) is 17.1 Å². The molecular weight excluding hydrogens is 236 g/mol. The lowest BCUT2D eigenvalue weighted by atomic mass is 9.93. The maximum atomic E-state index is 11.9. The molecule has 5 nitrogen and oxygen atoms in total. The van der Waals surface area contributed by atoms with Crippen LogP contribution >= 0.6 is 0 Å². The van der Waals surface area contributed by atoms with Crippen molar-refractivity contribution < 1.29 is 24.2 Å². The van der Waals surface area contributed by atoms with Crippen molar-refractivity contribution in [3.05, 3.63) is 23.8 Å². The van der Waals surface area contributed by atoms with Crippen LogP contribution in [-0.4, -0.2) is 29.1 Å². The van der Waals surface area contributed by atoms with Crippen LogP contribution in [0.25, 0.3) is 0 Å². The molecular formula is C13H14O5.